The van der Waals surface area contributed by atoms with Crippen molar-refractivity contribution in [3.05, 3.63) is 28.8 Å². The monoisotopic (exact) mass is 264 g/mol. The highest BCUT2D eigenvalue weighted by Gasteiger charge is 2.37. The number of hydrogen-bond donors (Lipinski definition) is 2. The number of benzene rings is 1. The van der Waals surface area contributed by atoms with Crippen molar-refractivity contribution in [3.63, 3.8) is 0 Å². The van der Waals surface area contributed by atoms with Gasteiger partial charge in [-0.1, -0.05) is 6.07 Å². The molecule has 0 radical (unpaired) electrons. The Balaban J connectivity index is 2.34. The molecule has 0 aromatic heterocycles. The van der Waals surface area contributed by atoms with Crippen LogP contribution in [0.2, 0.25) is 0 Å². The number of nitrogens with one attached hydrogen (secondary N) is 1. The number of methoxy groups -OCH3 is 2. The molecule has 19 heavy (non-hydrogen) atoms. The zero-order chi connectivity index (χ0) is 14.0. The lowest BCUT2D eigenvalue weighted by Crippen LogP contribution is -2.39. The molecular weight excluding hydrogens is 240 g/mol. The van der Waals surface area contributed by atoms with Crippen LogP contribution in [0.4, 0.5) is 0 Å². The second-order valence-corrected chi connectivity index (χ2v) is 5.36. The lowest BCUT2D eigenvalue weighted by molar-refractivity contribution is 0.0504. The second kappa shape index (κ2) is 5.90. The lowest BCUT2D eigenvalue weighted by Gasteiger charge is -2.27. The molecule has 0 saturated heterocycles. The van der Waals surface area contributed by atoms with Gasteiger partial charge in [0.1, 0.15) is 5.75 Å². The number of nitrogens with two attached hydrogens (primary N) is 1. The SMILES string of the molecule is COc1cc(C)c(C(NN)C(OC)C2CC2)cc1C. The van der Waals surface area contributed by atoms with Crippen molar-refractivity contribution in [3.8, 4) is 5.75 Å². The molecular formula is C15H24N2O2. The third-order valence-electron chi connectivity index (χ3n) is 3.99. The van der Waals surface area contributed by atoms with E-state index in [1.54, 1.807) is 14.2 Å². The summed E-state index contributed by atoms with van der Waals surface area (Å²) in [5.41, 5.74) is 6.42. The van der Waals surface area contributed by atoms with Crippen LogP contribution < -0.4 is 16.0 Å². The van der Waals surface area contributed by atoms with Gasteiger partial charge in [0.15, 0.2) is 0 Å². The fraction of sp³-hybridized carbons (Fsp3) is 0.600. The molecule has 2 unspecified atom stereocenters. The average molecular weight is 264 g/mol. The summed E-state index contributed by atoms with van der Waals surface area (Å²) in [4.78, 5) is 0. The van der Waals surface area contributed by atoms with Gasteiger partial charge in [0, 0.05) is 7.11 Å². The van der Waals surface area contributed by atoms with Gasteiger partial charge in [-0.25, -0.2) is 0 Å². The summed E-state index contributed by atoms with van der Waals surface area (Å²) in [7, 11) is 3.46. The minimum atomic E-state index is 0.0297. The van der Waals surface area contributed by atoms with Gasteiger partial charge in [-0.05, 0) is 55.4 Å². The molecule has 1 aliphatic rings. The predicted octanol–water partition coefficient (Wildman–Crippen LogP) is 2.24. The van der Waals surface area contributed by atoms with Crippen molar-refractivity contribution in [1.82, 2.24) is 5.43 Å². The topological polar surface area (TPSA) is 56.5 Å². The maximum absolute atomic E-state index is 5.78. The van der Waals surface area contributed by atoms with Crippen LogP contribution in [0, 0.1) is 19.8 Å². The predicted molar refractivity (Wildman–Crippen MR) is 76.1 cm³/mol. The Kier molecular flexibility index (Phi) is 4.45. The molecule has 4 heteroatoms. The third-order valence-corrected chi connectivity index (χ3v) is 3.99. The fourth-order valence-corrected chi connectivity index (χ4v) is 2.75. The highest BCUT2D eigenvalue weighted by Crippen LogP contribution is 2.40. The smallest absolute Gasteiger partial charge is 0.122 e. The minimum absolute atomic E-state index is 0.0297. The first-order chi connectivity index (χ1) is 9.12. The van der Waals surface area contributed by atoms with Crippen molar-refractivity contribution in [2.75, 3.05) is 14.2 Å². The Hall–Kier alpha value is -1.10. The van der Waals surface area contributed by atoms with Crippen LogP contribution in [-0.2, 0) is 4.74 Å². The van der Waals surface area contributed by atoms with Crippen LogP contribution in [0.1, 0.15) is 35.6 Å². The first-order valence-electron chi connectivity index (χ1n) is 6.76. The molecule has 2 rings (SSSR count). The van der Waals surface area contributed by atoms with Gasteiger partial charge in [-0.2, -0.15) is 0 Å². The molecule has 4 nitrogen and oxygen atoms in total. The van der Waals surface area contributed by atoms with Gasteiger partial charge >= 0.3 is 0 Å². The molecule has 3 N–H and O–H groups in total. The van der Waals surface area contributed by atoms with Gasteiger partial charge in [-0.15, -0.1) is 0 Å². The van der Waals surface area contributed by atoms with Gasteiger partial charge in [0.25, 0.3) is 0 Å². The summed E-state index contributed by atoms with van der Waals surface area (Å²) < 4.78 is 11.0. The largest absolute Gasteiger partial charge is 0.496 e. The number of hydrogen-bond acceptors (Lipinski definition) is 4. The van der Waals surface area contributed by atoms with E-state index < -0.39 is 0 Å². The van der Waals surface area contributed by atoms with E-state index in [2.05, 4.69) is 24.5 Å². The van der Waals surface area contributed by atoms with Crippen LogP contribution in [-0.4, -0.2) is 20.3 Å². The van der Waals surface area contributed by atoms with Crippen molar-refractivity contribution in [1.29, 1.82) is 0 Å². The quantitative estimate of drug-likeness (QED) is 0.611. The van der Waals surface area contributed by atoms with Gasteiger partial charge in [-0.3, -0.25) is 11.3 Å². The van der Waals surface area contributed by atoms with E-state index in [4.69, 9.17) is 15.3 Å². The standard InChI is InChI=1S/C15H24N2O2/c1-9-8-13(18-3)10(2)7-12(9)14(17-16)15(19-4)11-5-6-11/h7-8,11,14-15,17H,5-6,16H2,1-4H3. The molecule has 0 bridgehead atoms. The molecule has 2 atom stereocenters. The van der Waals surface area contributed by atoms with E-state index in [0.717, 1.165) is 11.3 Å². The molecule has 0 amide bonds. The third kappa shape index (κ3) is 2.91. The van der Waals surface area contributed by atoms with Crippen molar-refractivity contribution >= 4 is 0 Å². The molecule has 1 fully saturated rings. The second-order valence-electron chi connectivity index (χ2n) is 5.36. The Labute approximate surface area is 115 Å². The number of aryl methyl sites for hydroxylation is 2. The summed E-state index contributed by atoms with van der Waals surface area (Å²) in [6, 6.07) is 4.24. The summed E-state index contributed by atoms with van der Waals surface area (Å²) in [6.07, 6.45) is 2.59. The van der Waals surface area contributed by atoms with Gasteiger partial charge in [0.05, 0.1) is 19.3 Å². The normalized spacial score (nSPS) is 18.2. The lowest BCUT2D eigenvalue weighted by atomic mass is 9.93. The Morgan fingerprint density at radius 3 is 2.37 bits per heavy atom. The number of rotatable bonds is 6. The van der Waals surface area contributed by atoms with Crippen molar-refractivity contribution in [2.45, 2.75) is 38.8 Å². The molecule has 1 saturated carbocycles. The molecule has 0 heterocycles. The van der Waals surface area contributed by atoms with Crippen LogP contribution in [0.15, 0.2) is 12.1 Å². The van der Waals surface area contributed by atoms with E-state index in [0.29, 0.717) is 5.92 Å². The molecule has 1 aromatic rings. The highest BCUT2D eigenvalue weighted by atomic mass is 16.5. The van der Waals surface area contributed by atoms with Gasteiger partial charge in [0.2, 0.25) is 0 Å². The fourth-order valence-electron chi connectivity index (χ4n) is 2.75. The van der Waals surface area contributed by atoms with E-state index >= 15 is 0 Å². The van der Waals surface area contributed by atoms with Crippen LogP contribution in [0.25, 0.3) is 0 Å². The van der Waals surface area contributed by atoms with Crippen molar-refractivity contribution < 1.29 is 9.47 Å². The maximum atomic E-state index is 5.78. The Bertz CT molecular complexity index is 444. The van der Waals surface area contributed by atoms with E-state index in [1.807, 2.05) is 6.92 Å². The molecule has 106 valence electrons. The van der Waals surface area contributed by atoms with E-state index in [1.165, 1.54) is 24.0 Å². The molecule has 1 aromatic carbocycles. The first-order valence-corrected chi connectivity index (χ1v) is 6.76. The zero-order valence-electron chi connectivity index (χ0n) is 12.2. The zero-order valence-corrected chi connectivity index (χ0v) is 12.2. The molecule has 1 aliphatic carbocycles. The van der Waals surface area contributed by atoms with Crippen molar-refractivity contribution in [2.24, 2.45) is 11.8 Å². The van der Waals surface area contributed by atoms with Crippen LogP contribution >= 0.6 is 0 Å². The molecule has 0 aliphatic heterocycles. The van der Waals surface area contributed by atoms with E-state index in [-0.39, 0.29) is 12.1 Å². The minimum Gasteiger partial charge on any atom is -0.496 e. The summed E-state index contributed by atoms with van der Waals surface area (Å²) >= 11 is 0. The Morgan fingerprint density at radius 2 is 1.89 bits per heavy atom. The first kappa shape index (κ1) is 14.3. The van der Waals surface area contributed by atoms with E-state index in [9.17, 15) is 0 Å². The molecule has 0 spiro atoms. The average Bonchev–Trinajstić information content (AvgIpc) is 3.22. The summed E-state index contributed by atoms with van der Waals surface area (Å²) in [6.45, 7) is 4.13. The van der Waals surface area contributed by atoms with Crippen LogP contribution in [0.3, 0.4) is 0 Å². The number of hydrazine groups is 1. The van der Waals surface area contributed by atoms with Crippen LogP contribution in [0.5, 0.6) is 5.75 Å². The maximum Gasteiger partial charge on any atom is 0.122 e. The van der Waals surface area contributed by atoms with Gasteiger partial charge < -0.3 is 9.47 Å². The summed E-state index contributed by atoms with van der Waals surface area (Å²) in [5, 5.41) is 0. The highest BCUT2D eigenvalue weighted by molar-refractivity contribution is 5.43. The Morgan fingerprint density at radius 1 is 1.21 bits per heavy atom. The number of ether oxygens (including phenoxy) is 2. The summed E-state index contributed by atoms with van der Waals surface area (Å²) in [5.74, 6) is 7.31.